The van der Waals surface area contributed by atoms with Gasteiger partial charge in [-0.1, -0.05) is 55.2 Å². The first kappa shape index (κ1) is 9.76. The van der Waals surface area contributed by atoms with Crippen molar-refractivity contribution in [2.24, 2.45) is 5.92 Å². The molecule has 0 atom stereocenters. The summed E-state index contributed by atoms with van der Waals surface area (Å²) < 4.78 is 0. The largest absolute Gasteiger partial charge is 0.0842 e. The lowest BCUT2D eigenvalue weighted by Crippen LogP contribution is -2.09. The van der Waals surface area contributed by atoms with Crippen LogP contribution in [0.25, 0.3) is 0 Å². The van der Waals surface area contributed by atoms with Gasteiger partial charge in [0, 0.05) is 0 Å². The zero-order valence-electron chi connectivity index (χ0n) is 8.91. The third-order valence-corrected chi connectivity index (χ3v) is 3.40. The van der Waals surface area contributed by atoms with Crippen LogP contribution < -0.4 is 0 Å². The molecule has 0 bridgehead atoms. The molecule has 0 nitrogen and oxygen atoms in total. The Kier molecular flexibility index (Phi) is 3.62. The molecule has 76 valence electrons. The van der Waals surface area contributed by atoms with Crippen LogP contribution in [0.1, 0.15) is 44.9 Å². The highest BCUT2D eigenvalue weighted by atomic mass is 14.2. The van der Waals surface area contributed by atoms with Crippen molar-refractivity contribution in [1.82, 2.24) is 0 Å². The van der Waals surface area contributed by atoms with Crippen molar-refractivity contribution in [1.29, 1.82) is 0 Å². The Balaban J connectivity index is 2.00. The minimum absolute atomic E-state index is 0.903. The molecular weight excluding hydrogens is 168 g/mol. The minimum Gasteiger partial charge on any atom is -0.0842 e. The van der Waals surface area contributed by atoms with Crippen LogP contribution in [-0.4, -0.2) is 0 Å². The van der Waals surface area contributed by atoms with Crippen LogP contribution in [0, 0.1) is 5.92 Å². The van der Waals surface area contributed by atoms with E-state index in [2.05, 4.69) is 30.4 Å². The summed E-state index contributed by atoms with van der Waals surface area (Å²) in [4.78, 5) is 0. The minimum atomic E-state index is 0.903. The quantitative estimate of drug-likeness (QED) is 0.572. The fourth-order valence-electron chi connectivity index (χ4n) is 2.57. The molecule has 0 heteroatoms. The van der Waals surface area contributed by atoms with E-state index in [-0.39, 0.29) is 0 Å². The highest BCUT2D eigenvalue weighted by Crippen LogP contribution is 2.32. The van der Waals surface area contributed by atoms with Gasteiger partial charge in [-0.3, -0.25) is 0 Å². The highest BCUT2D eigenvalue weighted by molar-refractivity contribution is 5.21. The van der Waals surface area contributed by atoms with E-state index in [1.807, 2.05) is 0 Å². The summed E-state index contributed by atoms with van der Waals surface area (Å²) in [5.74, 6) is 0.903. The lowest BCUT2D eigenvalue weighted by Gasteiger charge is -2.24. The molecule has 0 spiro atoms. The molecule has 0 aromatic carbocycles. The van der Waals surface area contributed by atoms with Gasteiger partial charge in [-0.25, -0.2) is 0 Å². The summed E-state index contributed by atoms with van der Waals surface area (Å²) in [6.45, 7) is 0. The van der Waals surface area contributed by atoms with E-state index < -0.39 is 0 Å². The van der Waals surface area contributed by atoms with Crippen molar-refractivity contribution in [3.8, 4) is 0 Å². The molecule has 0 heterocycles. The second kappa shape index (κ2) is 5.19. The molecule has 0 N–H and O–H groups in total. The van der Waals surface area contributed by atoms with Crippen LogP contribution in [0.15, 0.2) is 36.0 Å². The van der Waals surface area contributed by atoms with Gasteiger partial charge in [0.25, 0.3) is 0 Å². The molecule has 1 saturated carbocycles. The first-order valence-corrected chi connectivity index (χ1v) is 5.99. The SMILES string of the molecule is C1=CC=C(C2CCCCC2)CCC=C1. The molecule has 0 aliphatic heterocycles. The lowest BCUT2D eigenvalue weighted by atomic mass is 9.81. The van der Waals surface area contributed by atoms with Gasteiger partial charge in [0.15, 0.2) is 0 Å². The highest BCUT2D eigenvalue weighted by Gasteiger charge is 2.16. The van der Waals surface area contributed by atoms with Crippen LogP contribution in [0.2, 0.25) is 0 Å². The summed E-state index contributed by atoms with van der Waals surface area (Å²) >= 11 is 0. The number of hydrogen-bond acceptors (Lipinski definition) is 0. The summed E-state index contributed by atoms with van der Waals surface area (Å²) in [5, 5.41) is 0. The molecule has 2 aliphatic rings. The molecule has 0 aromatic rings. The first-order chi connectivity index (χ1) is 6.97. The Bertz CT molecular complexity index is 249. The molecule has 2 aliphatic carbocycles. The molecule has 0 aromatic heterocycles. The van der Waals surface area contributed by atoms with Gasteiger partial charge in [-0.2, -0.15) is 0 Å². The Labute approximate surface area is 87.4 Å². The average Bonchev–Trinajstić information content (AvgIpc) is 2.18. The van der Waals surface area contributed by atoms with E-state index in [1.165, 1.54) is 44.9 Å². The van der Waals surface area contributed by atoms with Crippen molar-refractivity contribution in [2.45, 2.75) is 44.9 Å². The van der Waals surface area contributed by atoms with Crippen LogP contribution in [-0.2, 0) is 0 Å². The Morgan fingerprint density at radius 3 is 2.64 bits per heavy atom. The monoisotopic (exact) mass is 188 g/mol. The van der Waals surface area contributed by atoms with Crippen molar-refractivity contribution in [3.63, 3.8) is 0 Å². The fraction of sp³-hybridized carbons (Fsp3) is 0.571. The maximum atomic E-state index is 2.36. The predicted molar refractivity (Wildman–Crippen MR) is 62.2 cm³/mol. The molecule has 14 heavy (non-hydrogen) atoms. The maximum absolute atomic E-state index is 2.36. The summed E-state index contributed by atoms with van der Waals surface area (Å²) in [7, 11) is 0. The first-order valence-electron chi connectivity index (χ1n) is 5.99. The molecule has 1 fully saturated rings. The van der Waals surface area contributed by atoms with Gasteiger partial charge in [-0.15, -0.1) is 0 Å². The lowest BCUT2D eigenvalue weighted by molar-refractivity contribution is 0.395. The van der Waals surface area contributed by atoms with Gasteiger partial charge >= 0.3 is 0 Å². The Hall–Kier alpha value is -0.780. The van der Waals surface area contributed by atoms with E-state index in [9.17, 15) is 0 Å². The number of allylic oxidation sites excluding steroid dienone is 6. The summed E-state index contributed by atoms with van der Waals surface area (Å²) in [6, 6.07) is 0. The van der Waals surface area contributed by atoms with E-state index >= 15 is 0 Å². The van der Waals surface area contributed by atoms with E-state index in [0.29, 0.717) is 0 Å². The third-order valence-electron chi connectivity index (χ3n) is 3.40. The van der Waals surface area contributed by atoms with Gasteiger partial charge in [0.05, 0.1) is 0 Å². The molecule has 0 unspecified atom stereocenters. The fourth-order valence-corrected chi connectivity index (χ4v) is 2.57. The standard InChI is InChI=1S/C14H20/c1-2-5-9-13(10-6-3-1)14-11-7-4-8-12-14/h1-3,5,9,14H,4,6-8,10-12H2. The number of hydrogen-bond donors (Lipinski definition) is 0. The molecule has 0 saturated heterocycles. The zero-order chi connectivity index (χ0) is 9.64. The Morgan fingerprint density at radius 1 is 0.929 bits per heavy atom. The molecule has 0 amide bonds. The van der Waals surface area contributed by atoms with Crippen LogP contribution in [0.5, 0.6) is 0 Å². The summed E-state index contributed by atoms with van der Waals surface area (Å²) in [6.07, 6.45) is 20.9. The molecule has 2 rings (SSSR count). The van der Waals surface area contributed by atoms with Crippen LogP contribution >= 0.6 is 0 Å². The molecular formula is C14H20. The second-order valence-electron chi connectivity index (χ2n) is 4.43. The topological polar surface area (TPSA) is 0 Å². The smallest absolute Gasteiger partial charge is 0.0200 e. The second-order valence-corrected chi connectivity index (χ2v) is 4.43. The van der Waals surface area contributed by atoms with Gasteiger partial charge in [-0.05, 0) is 31.6 Å². The number of rotatable bonds is 1. The van der Waals surface area contributed by atoms with Crippen molar-refractivity contribution in [3.05, 3.63) is 36.0 Å². The van der Waals surface area contributed by atoms with Crippen molar-refractivity contribution in [2.75, 3.05) is 0 Å². The van der Waals surface area contributed by atoms with Crippen LogP contribution in [0.3, 0.4) is 0 Å². The average molecular weight is 188 g/mol. The van der Waals surface area contributed by atoms with Gasteiger partial charge < -0.3 is 0 Å². The molecule has 0 radical (unpaired) electrons. The third kappa shape index (κ3) is 2.60. The summed E-state index contributed by atoms with van der Waals surface area (Å²) in [5.41, 5.74) is 1.70. The van der Waals surface area contributed by atoms with Gasteiger partial charge in [0.2, 0.25) is 0 Å². The Morgan fingerprint density at radius 2 is 1.79 bits per heavy atom. The van der Waals surface area contributed by atoms with E-state index in [4.69, 9.17) is 0 Å². The maximum Gasteiger partial charge on any atom is -0.0200 e. The predicted octanol–water partition coefficient (Wildman–Crippen LogP) is 4.40. The van der Waals surface area contributed by atoms with Crippen molar-refractivity contribution < 1.29 is 0 Å². The normalized spacial score (nSPS) is 24.1. The van der Waals surface area contributed by atoms with E-state index in [0.717, 1.165) is 5.92 Å². The van der Waals surface area contributed by atoms with Crippen molar-refractivity contribution >= 4 is 0 Å². The van der Waals surface area contributed by atoms with Gasteiger partial charge in [0.1, 0.15) is 0 Å². The zero-order valence-corrected chi connectivity index (χ0v) is 8.91. The van der Waals surface area contributed by atoms with E-state index in [1.54, 1.807) is 5.57 Å². The van der Waals surface area contributed by atoms with Crippen LogP contribution in [0.4, 0.5) is 0 Å².